The minimum Gasteiger partial charge on any atom is -0.477 e. The van der Waals surface area contributed by atoms with E-state index in [4.69, 9.17) is 0 Å². The highest BCUT2D eigenvalue weighted by Gasteiger charge is 2.21. The van der Waals surface area contributed by atoms with E-state index in [0.717, 1.165) is 27.3 Å². The lowest BCUT2D eigenvalue weighted by Gasteiger charge is -2.03. The Kier molecular flexibility index (Phi) is 3.77. The van der Waals surface area contributed by atoms with E-state index in [9.17, 15) is 9.90 Å². The lowest BCUT2D eigenvalue weighted by atomic mass is 10.0. The van der Waals surface area contributed by atoms with Crippen LogP contribution in [0.3, 0.4) is 0 Å². The molecule has 3 aromatic rings. The number of aryl methyl sites for hydroxylation is 2. The molecule has 0 saturated carbocycles. The van der Waals surface area contributed by atoms with Crippen LogP contribution in [0.5, 0.6) is 0 Å². The maximum absolute atomic E-state index is 11.6. The number of thiazole rings is 1. The summed E-state index contributed by atoms with van der Waals surface area (Å²) in [6.07, 6.45) is 0. The monoisotopic (exact) mass is 309 g/mol. The third-order valence-corrected chi connectivity index (χ3v) is 4.67. The average Bonchev–Trinajstić information content (AvgIpc) is 2.93. The molecule has 0 amide bonds. The van der Waals surface area contributed by atoms with E-state index in [0.29, 0.717) is 5.69 Å². The van der Waals surface area contributed by atoms with Crippen LogP contribution in [0.15, 0.2) is 48.5 Å². The SMILES string of the molecule is Cc1ccccc1-c1nc(-c2ccccc2C)c(C(=O)O)s1. The molecule has 0 saturated heterocycles. The van der Waals surface area contributed by atoms with Crippen molar-refractivity contribution in [2.75, 3.05) is 0 Å². The summed E-state index contributed by atoms with van der Waals surface area (Å²) in [5.41, 5.74) is 4.51. The van der Waals surface area contributed by atoms with Crippen molar-refractivity contribution in [3.63, 3.8) is 0 Å². The quantitative estimate of drug-likeness (QED) is 0.756. The number of hydrogen-bond donors (Lipinski definition) is 1. The summed E-state index contributed by atoms with van der Waals surface area (Å²) in [6, 6.07) is 15.6. The second kappa shape index (κ2) is 5.73. The molecule has 0 radical (unpaired) electrons. The molecule has 0 bridgehead atoms. The van der Waals surface area contributed by atoms with Crippen LogP contribution in [0, 0.1) is 13.8 Å². The number of carboxylic acids is 1. The second-order valence-corrected chi connectivity index (χ2v) is 6.13. The molecule has 22 heavy (non-hydrogen) atoms. The van der Waals surface area contributed by atoms with Crippen LogP contribution in [0.4, 0.5) is 0 Å². The van der Waals surface area contributed by atoms with Gasteiger partial charge in [-0.2, -0.15) is 0 Å². The Labute approximate surface area is 132 Å². The minimum atomic E-state index is -0.935. The Morgan fingerprint density at radius 2 is 1.50 bits per heavy atom. The molecule has 3 nitrogen and oxygen atoms in total. The van der Waals surface area contributed by atoms with Crippen LogP contribution in [-0.2, 0) is 0 Å². The van der Waals surface area contributed by atoms with Gasteiger partial charge in [-0.15, -0.1) is 11.3 Å². The average molecular weight is 309 g/mol. The molecule has 0 aliphatic carbocycles. The fourth-order valence-corrected chi connectivity index (χ4v) is 3.42. The molecule has 2 aromatic carbocycles. The molecule has 1 aromatic heterocycles. The molecule has 110 valence electrons. The van der Waals surface area contributed by atoms with E-state index in [1.54, 1.807) is 0 Å². The van der Waals surface area contributed by atoms with Crippen molar-refractivity contribution in [1.82, 2.24) is 4.98 Å². The Morgan fingerprint density at radius 3 is 2.05 bits per heavy atom. The molecule has 4 heteroatoms. The van der Waals surface area contributed by atoms with Gasteiger partial charge in [0.2, 0.25) is 0 Å². The fourth-order valence-electron chi connectivity index (χ4n) is 2.41. The Hall–Kier alpha value is -2.46. The zero-order valence-corrected chi connectivity index (χ0v) is 13.1. The Balaban J connectivity index is 2.22. The highest BCUT2D eigenvalue weighted by molar-refractivity contribution is 7.17. The van der Waals surface area contributed by atoms with E-state index < -0.39 is 5.97 Å². The van der Waals surface area contributed by atoms with Gasteiger partial charge in [0.25, 0.3) is 0 Å². The molecule has 0 spiro atoms. The van der Waals surface area contributed by atoms with Gasteiger partial charge in [-0.1, -0.05) is 48.5 Å². The fraction of sp³-hybridized carbons (Fsp3) is 0.111. The van der Waals surface area contributed by atoms with Gasteiger partial charge in [0.1, 0.15) is 9.88 Å². The van der Waals surface area contributed by atoms with Gasteiger partial charge in [0.15, 0.2) is 0 Å². The van der Waals surface area contributed by atoms with Crippen LogP contribution in [-0.4, -0.2) is 16.1 Å². The molecule has 0 aliphatic rings. The van der Waals surface area contributed by atoms with E-state index in [2.05, 4.69) is 4.98 Å². The van der Waals surface area contributed by atoms with E-state index in [-0.39, 0.29) is 4.88 Å². The smallest absolute Gasteiger partial charge is 0.348 e. The van der Waals surface area contributed by atoms with Gasteiger partial charge in [0.05, 0.1) is 5.69 Å². The molecule has 1 heterocycles. The van der Waals surface area contributed by atoms with Crippen molar-refractivity contribution < 1.29 is 9.90 Å². The number of carboxylic acid groups (broad SMARTS) is 1. The van der Waals surface area contributed by atoms with Crippen molar-refractivity contribution in [3.8, 4) is 21.8 Å². The molecular formula is C18H15NO2S. The van der Waals surface area contributed by atoms with Gasteiger partial charge in [-0.25, -0.2) is 9.78 Å². The highest BCUT2D eigenvalue weighted by Crippen LogP contribution is 2.36. The second-order valence-electron chi connectivity index (χ2n) is 5.13. The first-order valence-electron chi connectivity index (χ1n) is 6.94. The summed E-state index contributed by atoms with van der Waals surface area (Å²) in [5.74, 6) is -0.935. The molecule has 1 N–H and O–H groups in total. The lowest BCUT2D eigenvalue weighted by molar-refractivity contribution is 0.0702. The largest absolute Gasteiger partial charge is 0.477 e. The number of hydrogen-bond acceptors (Lipinski definition) is 3. The maximum Gasteiger partial charge on any atom is 0.348 e. The standard InChI is InChI=1S/C18H15NO2S/c1-11-7-3-5-9-13(11)15-16(18(20)21)22-17(19-15)14-10-6-4-8-12(14)2/h3-10H,1-2H3,(H,20,21). The number of aromatic nitrogens is 1. The third kappa shape index (κ3) is 2.53. The normalized spacial score (nSPS) is 10.6. The van der Waals surface area contributed by atoms with Crippen LogP contribution >= 0.6 is 11.3 Å². The van der Waals surface area contributed by atoms with Crippen molar-refractivity contribution in [2.24, 2.45) is 0 Å². The van der Waals surface area contributed by atoms with E-state index in [1.807, 2.05) is 62.4 Å². The van der Waals surface area contributed by atoms with Crippen LogP contribution in [0.25, 0.3) is 21.8 Å². The topological polar surface area (TPSA) is 50.2 Å². The first kappa shape index (κ1) is 14.5. The van der Waals surface area contributed by atoms with Crippen LogP contribution in [0.2, 0.25) is 0 Å². The van der Waals surface area contributed by atoms with Gasteiger partial charge in [-0.05, 0) is 25.0 Å². The predicted molar refractivity (Wildman–Crippen MR) is 89.4 cm³/mol. The number of rotatable bonds is 3. The minimum absolute atomic E-state index is 0.285. The first-order chi connectivity index (χ1) is 10.6. The third-order valence-electron chi connectivity index (χ3n) is 3.60. The number of nitrogens with zero attached hydrogens (tertiary/aromatic N) is 1. The number of benzene rings is 2. The van der Waals surface area contributed by atoms with Crippen molar-refractivity contribution >= 4 is 17.3 Å². The predicted octanol–water partition coefficient (Wildman–Crippen LogP) is 4.79. The molecular weight excluding hydrogens is 294 g/mol. The Bertz CT molecular complexity index is 852. The summed E-state index contributed by atoms with van der Waals surface area (Å²) in [7, 11) is 0. The van der Waals surface area contributed by atoms with Gasteiger partial charge in [-0.3, -0.25) is 0 Å². The van der Waals surface area contributed by atoms with Gasteiger partial charge in [0, 0.05) is 11.1 Å². The van der Waals surface area contributed by atoms with Crippen LogP contribution < -0.4 is 0 Å². The van der Waals surface area contributed by atoms with Crippen molar-refractivity contribution in [3.05, 3.63) is 64.5 Å². The number of aromatic carboxylic acids is 1. The van der Waals surface area contributed by atoms with E-state index in [1.165, 1.54) is 11.3 Å². The van der Waals surface area contributed by atoms with Crippen molar-refractivity contribution in [2.45, 2.75) is 13.8 Å². The molecule has 3 rings (SSSR count). The summed E-state index contributed by atoms with van der Waals surface area (Å²) >= 11 is 1.23. The Morgan fingerprint density at radius 1 is 0.955 bits per heavy atom. The zero-order valence-electron chi connectivity index (χ0n) is 12.3. The number of carbonyl (C=O) groups is 1. The van der Waals surface area contributed by atoms with Gasteiger partial charge < -0.3 is 5.11 Å². The first-order valence-corrected chi connectivity index (χ1v) is 7.75. The summed E-state index contributed by atoms with van der Waals surface area (Å²) < 4.78 is 0. The van der Waals surface area contributed by atoms with Crippen molar-refractivity contribution in [1.29, 1.82) is 0 Å². The summed E-state index contributed by atoms with van der Waals surface area (Å²) in [4.78, 5) is 16.5. The summed E-state index contributed by atoms with van der Waals surface area (Å²) in [5, 5.41) is 10.3. The van der Waals surface area contributed by atoms with Gasteiger partial charge >= 0.3 is 5.97 Å². The zero-order chi connectivity index (χ0) is 15.7. The molecule has 0 aliphatic heterocycles. The molecule has 0 unspecified atom stereocenters. The molecule has 0 fully saturated rings. The summed E-state index contributed by atoms with van der Waals surface area (Å²) in [6.45, 7) is 3.97. The van der Waals surface area contributed by atoms with Crippen LogP contribution in [0.1, 0.15) is 20.8 Å². The molecule has 0 atom stereocenters. The van der Waals surface area contributed by atoms with E-state index >= 15 is 0 Å². The lowest BCUT2D eigenvalue weighted by Crippen LogP contribution is -1.96. The highest BCUT2D eigenvalue weighted by atomic mass is 32.1. The maximum atomic E-state index is 11.6.